The van der Waals surface area contributed by atoms with Gasteiger partial charge >= 0.3 is 0 Å². The molecule has 1 saturated carbocycles. The van der Waals surface area contributed by atoms with E-state index in [-0.39, 0.29) is 42.1 Å². The van der Waals surface area contributed by atoms with Crippen LogP contribution in [0.5, 0.6) is 5.75 Å². The van der Waals surface area contributed by atoms with Crippen LogP contribution >= 0.6 is 0 Å². The Labute approximate surface area is 160 Å². The molecule has 1 aliphatic rings. The Morgan fingerprint density at radius 1 is 1.32 bits per heavy atom. The van der Waals surface area contributed by atoms with Crippen LogP contribution in [0.15, 0.2) is 18.2 Å². The van der Waals surface area contributed by atoms with Gasteiger partial charge in [0, 0.05) is 25.6 Å². The van der Waals surface area contributed by atoms with Gasteiger partial charge in [0.1, 0.15) is 0 Å². The molecule has 0 saturated heterocycles. The molecule has 4 N–H and O–H groups in total. The SMILES string of the molecule is Cc1c(C(=O)NC[C@@H]2C[C@@H](NC(=O)c3cccc(O)c3F)C[C@@H]2O)nnn1C. The number of amides is 2. The van der Waals surface area contributed by atoms with Crippen LogP contribution in [0.2, 0.25) is 0 Å². The molecule has 0 radical (unpaired) electrons. The van der Waals surface area contributed by atoms with Gasteiger partial charge in [-0.1, -0.05) is 11.3 Å². The lowest BCUT2D eigenvalue weighted by atomic mass is 10.1. The molecular weight excluding hydrogens is 369 g/mol. The molecular formula is C18H22FN5O4. The van der Waals surface area contributed by atoms with Gasteiger partial charge in [-0.05, 0) is 31.9 Å². The molecule has 2 aromatic rings. The molecule has 9 nitrogen and oxygen atoms in total. The van der Waals surface area contributed by atoms with Crippen molar-refractivity contribution in [2.75, 3.05) is 6.54 Å². The summed E-state index contributed by atoms with van der Waals surface area (Å²) in [5.41, 5.74) is 0.589. The first-order chi connectivity index (χ1) is 13.3. The van der Waals surface area contributed by atoms with E-state index >= 15 is 0 Å². The van der Waals surface area contributed by atoms with E-state index in [0.29, 0.717) is 12.1 Å². The largest absolute Gasteiger partial charge is 0.505 e. The second kappa shape index (κ2) is 7.93. The van der Waals surface area contributed by atoms with E-state index in [4.69, 9.17) is 0 Å². The van der Waals surface area contributed by atoms with Gasteiger partial charge in [0.05, 0.1) is 17.4 Å². The molecule has 0 aliphatic heterocycles. The third-order valence-electron chi connectivity index (χ3n) is 5.06. The number of hydrogen-bond donors (Lipinski definition) is 4. The Morgan fingerprint density at radius 3 is 2.75 bits per heavy atom. The monoisotopic (exact) mass is 391 g/mol. The average molecular weight is 391 g/mol. The zero-order valence-corrected chi connectivity index (χ0v) is 15.5. The van der Waals surface area contributed by atoms with E-state index in [0.717, 1.165) is 6.07 Å². The second-order valence-corrected chi connectivity index (χ2v) is 6.96. The van der Waals surface area contributed by atoms with Gasteiger partial charge < -0.3 is 20.8 Å². The molecule has 0 unspecified atom stereocenters. The lowest BCUT2D eigenvalue weighted by Crippen LogP contribution is -2.34. The standard InChI is InChI=1S/C18H22FN5O4/c1-9-16(22-23-24(9)2)18(28)20-8-10-6-11(7-14(10)26)21-17(27)12-4-3-5-13(25)15(12)19/h3-5,10-11,14,25-26H,6-8H2,1-2H3,(H,20,28)(H,21,27)/t10-,11+,14-/m0/s1. The van der Waals surface area contributed by atoms with E-state index in [2.05, 4.69) is 20.9 Å². The van der Waals surface area contributed by atoms with Crippen molar-refractivity contribution in [1.29, 1.82) is 0 Å². The molecule has 150 valence electrons. The number of carbonyl (C=O) groups is 2. The first kappa shape index (κ1) is 19.7. The van der Waals surface area contributed by atoms with Crippen LogP contribution in [0.25, 0.3) is 0 Å². The molecule has 0 spiro atoms. The number of aryl methyl sites for hydroxylation is 1. The van der Waals surface area contributed by atoms with Gasteiger partial charge in [0.15, 0.2) is 17.3 Å². The quantitative estimate of drug-likeness (QED) is 0.579. The fourth-order valence-corrected chi connectivity index (χ4v) is 3.32. The van der Waals surface area contributed by atoms with E-state index in [1.807, 2.05) is 0 Å². The topological polar surface area (TPSA) is 129 Å². The summed E-state index contributed by atoms with van der Waals surface area (Å²) in [7, 11) is 1.68. The number of carbonyl (C=O) groups excluding carboxylic acids is 2. The van der Waals surface area contributed by atoms with Crippen molar-refractivity contribution in [3.63, 3.8) is 0 Å². The summed E-state index contributed by atoms with van der Waals surface area (Å²) >= 11 is 0. The summed E-state index contributed by atoms with van der Waals surface area (Å²) in [4.78, 5) is 24.5. The molecule has 3 atom stereocenters. The van der Waals surface area contributed by atoms with Crippen molar-refractivity contribution in [1.82, 2.24) is 25.6 Å². The molecule has 3 rings (SSSR count). The minimum Gasteiger partial charge on any atom is -0.505 e. The number of phenols is 1. The molecule has 0 bridgehead atoms. The summed E-state index contributed by atoms with van der Waals surface area (Å²) in [6, 6.07) is 3.44. The Morgan fingerprint density at radius 2 is 2.07 bits per heavy atom. The Hall–Kier alpha value is -3.01. The van der Waals surface area contributed by atoms with Gasteiger partial charge in [0.2, 0.25) is 0 Å². The molecule has 1 aromatic heterocycles. The average Bonchev–Trinajstić information content (AvgIpc) is 3.17. The van der Waals surface area contributed by atoms with Crippen LogP contribution in [-0.2, 0) is 7.05 Å². The van der Waals surface area contributed by atoms with Gasteiger partial charge in [-0.3, -0.25) is 14.3 Å². The normalized spacial score (nSPS) is 21.5. The number of aliphatic hydroxyl groups is 1. The summed E-state index contributed by atoms with van der Waals surface area (Å²) in [5.74, 6) is -2.89. The molecule has 28 heavy (non-hydrogen) atoms. The number of nitrogens with one attached hydrogen (secondary N) is 2. The van der Waals surface area contributed by atoms with E-state index in [1.54, 1.807) is 14.0 Å². The third-order valence-corrected chi connectivity index (χ3v) is 5.06. The third kappa shape index (κ3) is 3.96. The Bertz CT molecular complexity index is 900. The lowest BCUT2D eigenvalue weighted by molar-refractivity contribution is 0.0910. The number of hydrogen-bond acceptors (Lipinski definition) is 6. The zero-order valence-electron chi connectivity index (χ0n) is 15.5. The summed E-state index contributed by atoms with van der Waals surface area (Å²) in [5, 5.41) is 32.6. The highest BCUT2D eigenvalue weighted by molar-refractivity contribution is 5.95. The summed E-state index contributed by atoms with van der Waals surface area (Å²) in [6.45, 7) is 1.94. The molecule has 10 heteroatoms. The van der Waals surface area contributed by atoms with Crippen molar-refractivity contribution in [2.45, 2.75) is 31.9 Å². The predicted molar refractivity (Wildman–Crippen MR) is 96.1 cm³/mol. The van der Waals surface area contributed by atoms with Crippen molar-refractivity contribution in [3.8, 4) is 5.75 Å². The number of benzene rings is 1. The fraction of sp³-hybridized carbons (Fsp3) is 0.444. The van der Waals surface area contributed by atoms with Gasteiger partial charge in [-0.15, -0.1) is 5.10 Å². The van der Waals surface area contributed by atoms with E-state index in [1.165, 1.54) is 16.8 Å². The maximum atomic E-state index is 13.9. The molecule has 1 aliphatic carbocycles. The molecule has 1 heterocycles. The van der Waals surface area contributed by atoms with E-state index < -0.39 is 23.6 Å². The number of rotatable bonds is 5. The highest BCUT2D eigenvalue weighted by atomic mass is 19.1. The van der Waals surface area contributed by atoms with Crippen molar-refractivity contribution in [3.05, 3.63) is 41.0 Å². The number of aromatic hydroxyl groups is 1. The maximum Gasteiger partial charge on any atom is 0.273 e. The number of aromatic nitrogens is 3. The maximum absolute atomic E-state index is 13.9. The summed E-state index contributed by atoms with van der Waals surface area (Å²) in [6.07, 6.45) is -0.00758. The number of halogens is 1. The lowest BCUT2D eigenvalue weighted by Gasteiger charge is -2.15. The molecule has 2 amide bonds. The second-order valence-electron chi connectivity index (χ2n) is 6.96. The van der Waals surface area contributed by atoms with Crippen LogP contribution in [0.4, 0.5) is 4.39 Å². The van der Waals surface area contributed by atoms with Gasteiger partial charge in [-0.2, -0.15) is 0 Å². The minimum atomic E-state index is -0.985. The molecule has 1 aromatic carbocycles. The Balaban J connectivity index is 1.55. The highest BCUT2D eigenvalue weighted by Gasteiger charge is 2.34. The van der Waals surface area contributed by atoms with Gasteiger partial charge in [0.25, 0.3) is 11.8 Å². The minimum absolute atomic E-state index is 0.211. The number of nitrogens with zero attached hydrogens (tertiary/aromatic N) is 3. The van der Waals surface area contributed by atoms with Crippen LogP contribution in [0.1, 0.15) is 39.4 Å². The van der Waals surface area contributed by atoms with Crippen LogP contribution in [-0.4, -0.2) is 55.7 Å². The molecule has 1 fully saturated rings. The first-order valence-electron chi connectivity index (χ1n) is 8.88. The first-order valence-corrected chi connectivity index (χ1v) is 8.88. The van der Waals surface area contributed by atoms with Gasteiger partial charge in [-0.25, -0.2) is 4.39 Å². The predicted octanol–water partition coefficient (Wildman–Crippen LogP) is 0.268. The van der Waals surface area contributed by atoms with Crippen LogP contribution < -0.4 is 10.6 Å². The fourth-order valence-electron chi connectivity index (χ4n) is 3.32. The number of phenolic OH excluding ortho intramolecular Hbond substituents is 1. The van der Waals surface area contributed by atoms with Crippen molar-refractivity contribution in [2.24, 2.45) is 13.0 Å². The van der Waals surface area contributed by atoms with Crippen LogP contribution in [0.3, 0.4) is 0 Å². The van der Waals surface area contributed by atoms with Crippen molar-refractivity contribution >= 4 is 11.8 Å². The highest BCUT2D eigenvalue weighted by Crippen LogP contribution is 2.27. The van der Waals surface area contributed by atoms with Crippen molar-refractivity contribution < 1.29 is 24.2 Å². The van der Waals surface area contributed by atoms with E-state index in [9.17, 15) is 24.2 Å². The number of aliphatic hydroxyl groups excluding tert-OH is 1. The summed E-state index contributed by atoms with van der Waals surface area (Å²) < 4.78 is 15.4. The zero-order chi connectivity index (χ0) is 20.4. The Kier molecular flexibility index (Phi) is 5.59. The van der Waals surface area contributed by atoms with Crippen LogP contribution in [0, 0.1) is 18.7 Å². The smallest absolute Gasteiger partial charge is 0.273 e.